The van der Waals surface area contributed by atoms with Crippen molar-refractivity contribution in [3.63, 3.8) is 0 Å². The van der Waals surface area contributed by atoms with Crippen molar-refractivity contribution in [3.8, 4) is 6.07 Å². The molecule has 0 saturated carbocycles. The highest BCUT2D eigenvalue weighted by Gasteiger charge is 2.24. The maximum absolute atomic E-state index is 8.96. The van der Waals surface area contributed by atoms with E-state index in [0.717, 1.165) is 19.4 Å². The van der Waals surface area contributed by atoms with Gasteiger partial charge in [0, 0.05) is 13.7 Å². The fraction of sp³-hybridized carbons (Fsp3) is 0.900. The Morgan fingerprint density at radius 3 is 2.62 bits per heavy atom. The molecule has 0 rings (SSSR count). The van der Waals surface area contributed by atoms with Crippen molar-refractivity contribution in [1.82, 2.24) is 0 Å². The number of nitrogens with zero attached hydrogens (tertiary/aromatic N) is 1. The molecule has 0 bridgehead atoms. The number of hydrogen-bond donors (Lipinski definition) is 0. The molecule has 0 radical (unpaired) electrons. The van der Waals surface area contributed by atoms with Gasteiger partial charge in [-0.25, -0.2) is 0 Å². The molecule has 0 aromatic heterocycles. The molecule has 2 nitrogen and oxygen atoms in total. The minimum absolute atomic E-state index is 0.229. The molecule has 0 amide bonds. The monoisotopic (exact) mass is 201 g/mol. The minimum Gasteiger partial charge on any atom is -0.385 e. The van der Waals surface area contributed by atoms with Gasteiger partial charge >= 0.3 is 0 Å². The van der Waals surface area contributed by atoms with Crippen LogP contribution in [0.5, 0.6) is 0 Å². The molecule has 0 fully saturated rings. The molecule has 2 atom stereocenters. The summed E-state index contributed by atoms with van der Waals surface area (Å²) in [4.78, 5) is 0. The van der Waals surface area contributed by atoms with Crippen molar-refractivity contribution in [3.05, 3.63) is 0 Å². The number of hydrogen-bond acceptors (Lipinski definition) is 3. The fourth-order valence-corrected chi connectivity index (χ4v) is 1.80. The molecule has 0 aromatic rings. The Labute approximate surface area is 85.7 Å². The van der Waals surface area contributed by atoms with Gasteiger partial charge in [-0.15, -0.1) is 11.8 Å². The molecular formula is C10H19NOS. The number of nitriles is 1. The Kier molecular flexibility index (Phi) is 6.19. The van der Waals surface area contributed by atoms with Crippen LogP contribution in [0.15, 0.2) is 0 Å². The molecule has 2 unspecified atom stereocenters. The third kappa shape index (κ3) is 5.17. The van der Waals surface area contributed by atoms with Crippen LogP contribution in [0.25, 0.3) is 0 Å². The third-order valence-corrected chi connectivity index (χ3v) is 3.40. The van der Waals surface area contributed by atoms with Crippen molar-refractivity contribution in [2.75, 3.05) is 20.0 Å². The molecule has 0 aliphatic heterocycles. The molecule has 0 spiro atoms. The highest BCUT2D eigenvalue weighted by Crippen LogP contribution is 2.30. The van der Waals surface area contributed by atoms with Gasteiger partial charge in [-0.3, -0.25) is 0 Å². The predicted octanol–water partition coefficient (Wildman–Crippen LogP) is 2.69. The lowest BCUT2D eigenvalue weighted by Gasteiger charge is -2.22. The molecule has 0 heterocycles. The van der Waals surface area contributed by atoms with Crippen LogP contribution in [0.1, 0.15) is 26.7 Å². The van der Waals surface area contributed by atoms with E-state index in [-0.39, 0.29) is 4.75 Å². The summed E-state index contributed by atoms with van der Waals surface area (Å²) in [5, 5.41) is 8.96. The average molecular weight is 201 g/mol. The van der Waals surface area contributed by atoms with Gasteiger partial charge in [-0.2, -0.15) is 5.26 Å². The highest BCUT2D eigenvalue weighted by molar-refractivity contribution is 8.00. The Bertz CT molecular complexity index is 178. The van der Waals surface area contributed by atoms with Crippen LogP contribution in [0, 0.1) is 17.2 Å². The normalized spacial score (nSPS) is 17.5. The lowest BCUT2D eigenvalue weighted by molar-refractivity contribution is 0.177. The van der Waals surface area contributed by atoms with Crippen LogP contribution in [0.2, 0.25) is 0 Å². The Morgan fingerprint density at radius 2 is 2.23 bits per heavy atom. The van der Waals surface area contributed by atoms with Gasteiger partial charge < -0.3 is 4.74 Å². The first-order valence-corrected chi connectivity index (χ1v) is 5.76. The zero-order chi connectivity index (χ0) is 10.3. The third-order valence-electron chi connectivity index (χ3n) is 2.24. The summed E-state index contributed by atoms with van der Waals surface area (Å²) >= 11 is 1.63. The van der Waals surface area contributed by atoms with Crippen molar-refractivity contribution in [2.24, 2.45) is 5.92 Å². The van der Waals surface area contributed by atoms with Crippen LogP contribution in [-0.2, 0) is 4.74 Å². The maximum Gasteiger partial charge on any atom is 0.0995 e. The van der Waals surface area contributed by atoms with E-state index in [1.165, 1.54) is 0 Å². The molecule has 0 saturated heterocycles. The van der Waals surface area contributed by atoms with Crippen molar-refractivity contribution in [2.45, 2.75) is 31.4 Å². The van der Waals surface area contributed by atoms with Gasteiger partial charge in [-0.1, -0.05) is 6.92 Å². The Hall–Kier alpha value is -0.200. The molecule has 3 heteroatoms. The summed E-state index contributed by atoms with van der Waals surface area (Å²) in [6, 6.07) is 2.36. The van der Waals surface area contributed by atoms with E-state index in [2.05, 4.69) is 13.0 Å². The number of ether oxygens (including phenoxy) is 1. The van der Waals surface area contributed by atoms with Gasteiger partial charge in [-0.05, 0) is 31.9 Å². The van der Waals surface area contributed by atoms with Crippen molar-refractivity contribution in [1.29, 1.82) is 5.26 Å². The zero-order valence-electron chi connectivity index (χ0n) is 8.96. The quantitative estimate of drug-likeness (QED) is 0.662. The highest BCUT2D eigenvalue weighted by atomic mass is 32.2. The van der Waals surface area contributed by atoms with Crippen LogP contribution in [-0.4, -0.2) is 24.7 Å². The topological polar surface area (TPSA) is 33.0 Å². The standard InChI is InChI=1S/C10H19NOS/c1-9(5-6-12-3)7-10(2,8-11)13-4/h9H,5-7H2,1-4H3. The Balaban J connectivity index is 3.89. The van der Waals surface area contributed by atoms with Gasteiger partial charge in [0.1, 0.15) is 0 Å². The molecule has 0 aliphatic carbocycles. The zero-order valence-corrected chi connectivity index (χ0v) is 9.78. The van der Waals surface area contributed by atoms with Gasteiger partial charge in [0.05, 0.1) is 10.8 Å². The molecule has 13 heavy (non-hydrogen) atoms. The van der Waals surface area contributed by atoms with Crippen molar-refractivity contribution >= 4 is 11.8 Å². The second-order valence-corrected chi connectivity index (χ2v) is 4.95. The lowest BCUT2D eigenvalue weighted by atomic mass is 9.95. The van der Waals surface area contributed by atoms with Crippen LogP contribution >= 0.6 is 11.8 Å². The van der Waals surface area contributed by atoms with Crippen LogP contribution in [0.3, 0.4) is 0 Å². The summed E-state index contributed by atoms with van der Waals surface area (Å²) in [5.74, 6) is 0.553. The summed E-state index contributed by atoms with van der Waals surface area (Å²) < 4.78 is 4.78. The summed E-state index contributed by atoms with van der Waals surface area (Å²) in [5.41, 5.74) is 0. The fourth-order valence-electron chi connectivity index (χ4n) is 1.26. The van der Waals surface area contributed by atoms with E-state index in [9.17, 15) is 0 Å². The number of rotatable bonds is 6. The van der Waals surface area contributed by atoms with Crippen LogP contribution < -0.4 is 0 Å². The van der Waals surface area contributed by atoms with Gasteiger partial charge in [0.15, 0.2) is 0 Å². The largest absolute Gasteiger partial charge is 0.385 e. The summed E-state index contributed by atoms with van der Waals surface area (Å²) in [6.45, 7) is 4.96. The van der Waals surface area contributed by atoms with Gasteiger partial charge in [0.25, 0.3) is 0 Å². The molecule has 76 valence electrons. The van der Waals surface area contributed by atoms with E-state index in [0.29, 0.717) is 5.92 Å². The first-order chi connectivity index (χ1) is 6.08. The Morgan fingerprint density at radius 1 is 1.62 bits per heavy atom. The van der Waals surface area contributed by atoms with E-state index >= 15 is 0 Å². The smallest absolute Gasteiger partial charge is 0.0995 e. The van der Waals surface area contributed by atoms with Crippen LogP contribution in [0.4, 0.5) is 0 Å². The second-order valence-electron chi connectivity index (χ2n) is 3.64. The van der Waals surface area contributed by atoms with Crippen molar-refractivity contribution < 1.29 is 4.74 Å². The summed E-state index contributed by atoms with van der Waals surface area (Å²) in [6.07, 6.45) is 3.97. The van der Waals surface area contributed by atoms with E-state index < -0.39 is 0 Å². The first kappa shape index (κ1) is 12.8. The maximum atomic E-state index is 8.96. The first-order valence-electron chi connectivity index (χ1n) is 4.53. The number of thioether (sulfide) groups is 1. The predicted molar refractivity (Wildman–Crippen MR) is 57.8 cm³/mol. The number of methoxy groups -OCH3 is 1. The van der Waals surface area contributed by atoms with Gasteiger partial charge in [0.2, 0.25) is 0 Å². The molecule has 0 N–H and O–H groups in total. The second kappa shape index (κ2) is 6.28. The lowest BCUT2D eigenvalue weighted by Crippen LogP contribution is -2.21. The van der Waals surface area contributed by atoms with E-state index in [4.69, 9.17) is 10.00 Å². The SMILES string of the molecule is COCCC(C)CC(C)(C#N)SC. The minimum atomic E-state index is -0.229. The molecular weight excluding hydrogens is 182 g/mol. The van der Waals surface area contributed by atoms with E-state index in [1.807, 2.05) is 13.2 Å². The summed E-state index contributed by atoms with van der Waals surface area (Å²) in [7, 11) is 1.71. The van der Waals surface area contributed by atoms with E-state index in [1.54, 1.807) is 18.9 Å². The average Bonchev–Trinajstić information content (AvgIpc) is 2.14. The molecule has 0 aromatic carbocycles. The molecule has 0 aliphatic rings.